The summed E-state index contributed by atoms with van der Waals surface area (Å²) in [4.78, 5) is 0. The highest BCUT2D eigenvalue weighted by molar-refractivity contribution is 5.07. The summed E-state index contributed by atoms with van der Waals surface area (Å²) < 4.78 is 2.07. The minimum absolute atomic E-state index is 1.02. The number of aryl methyl sites for hydroxylation is 3. The molecular formula is C7H13N2+. The lowest BCUT2D eigenvalue weighted by Crippen LogP contribution is -2.33. The molecule has 50 valence electrons. The molecule has 0 spiro atoms. The third-order valence-corrected chi connectivity index (χ3v) is 1.59. The second-order valence-electron chi connectivity index (χ2n) is 2.33. The van der Waals surface area contributed by atoms with E-state index in [1.165, 1.54) is 11.3 Å². The number of nitrogens with zero attached hydrogens (tertiary/aromatic N) is 1. The first kappa shape index (κ1) is 6.33. The van der Waals surface area contributed by atoms with Crippen LogP contribution in [0.2, 0.25) is 0 Å². The van der Waals surface area contributed by atoms with Crippen molar-refractivity contribution in [3.05, 3.63) is 17.5 Å². The van der Waals surface area contributed by atoms with Crippen LogP contribution in [-0.2, 0) is 6.54 Å². The van der Waals surface area contributed by atoms with E-state index in [4.69, 9.17) is 0 Å². The summed E-state index contributed by atoms with van der Waals surface area (Å²) in [5.74, 6) is 0. The summed E-state index contributed by atoms with van der Waals surface area (Å²) in [7, 11) is 0. The van der Waals surface area contributed by atoms with E-state index in [-0.39, 0.29) is 0 Å². The average molecular weight is 125 g/mol. The Kier molecular flexibility index (Phi) is 1.56. The van der Waals surface area contributed by atoms with Gasteiger partial charge in [0.2, 0.25) is 0 Å². The fourth-order valence-electron chi connectivity index (χ4n) is 0.837. The van der Waals surface area contributed by atoms with E-state index < -0.39 is 0 Å². The van der Waals surface area contributed by atoms with Crippen molar-refractivity contribution in [3.8, 4) is 0 Å². The Morgan fingerprint density at radius 1 is 1.56 bits per heavy atom. The van der Waals surface area contributed by atoms with Gasteiger partial charge in [-0.25, -0.2) is 0 Å². The van der Waals surface area contributed by atoms with Crippen LogP contribution in [0, 0.1) is 13.8 Å². The van der Waals surface area contributed by atoms with Crippen LogP contribution in [0.1, 0.15) is 18.2 Å². The molecule has 9 heavy (non-hydrogen) atoms. The Labute approximate surface area is 55.5 Å². The first-order valence-corrected chi connectivity index (χ1v) is 3.29. The first-order chi connectivity index (χ1) is 4.24. The third kappa shape index (κ3) is 1.12. The predicted octanol–water partition coefficient (Wildman–Crippen LogP) is 0.939. The highest BCUT2D eigenvalue weighted by Crippen LogP contribution is 1.96. The van der Waals surface area contributed by atoms with Crippen molar-refractivity contribution in [2.45, 2.75) is 27.3 Å². The maximum Gasteiger partial charge on any atom is 0.198 e. The molecular weight excluding hydrogens is 112 g/mol. The van der Waals surface area contributed by atoms with Gasteiger partial charge >= 0.3 is 0 Å². The normalized spacial score (nSPS) is 10.1. The number of H-pyrrole nitrogens is 1. The summed E-state index contributed by atoms with van der Waals surface area (Å²) in [6.45, 7) is 7.34. The number of aromatic nitrogens is 2. The lowest BCUT2D eigenvalue weighted by molar-refractivity contribution is -0.747. The smallest absolute Gasteiger partial charge is 0.170 e. The van der Waals surface area contributed by atoms with E-state index in [9.17, 15) is 0 Å². The zero-order chi connectivity index (χ0) is 6.85. The predicted molar refractivity (Wildman–Crippen MR) is 36.1 cm³/mol. The summed E-state index contributed by atoms with van der Waals surface area (Å²) >= 11 is 0. The molecule has 0 radical (unpaired) electrons. The van der Waals surface area contributed by atoms with Gasteiger partial charge in [0.25, 0.3) is 0 Å². The molecule has 0 saturated carbocycles. The number of aromatic amines is 1. The van der Waals surface area contributed by atoms with E-state index in [0.29, 0.717) is 0 Å². The van der Waals surface area contributed by atoms with Crippen molar-refractivity contribution in [2.75, 3.05) is 0 Å². The van der Waals surface area contributed by atoms with Crippen molar-refractivity contribution in [3.63, 3.8) is 0 Å². The molecule has 0 aliphatic carbocycles. The van der Waals surface area contributed by atoms with Crippen LogP contribution in [0.15, 0.2) is 6.20 Å². The molecule has 0 unspecified atom stereocenters. The molecule has 0 aliphatic heterocycles. The van der Waals surface area contributed by atoms with Crippen molar-refractivity contribution in [1.82, 2.24) is 5.10 Å². The zero-order valence-electron chi connectivity index (χ0n) is 6.23. The van der Waals surface area contributed by atoms with Gasteiger partial charge < -0.3 is 0 Å². The van der Waals surface area contributed by atoms with Gasteiger partial charge in [0.05, 0.1) is 5.69 Å². The molecule has 1 aromatic heterocycles. The van der Waals surface area contributed by atoms with Crippen LogP contribution < -0.4 is 4.68 Å². The second-order valence-corrected chi connectivity index (χ2v) is 2.33. The Morgan fingerprint density at radius 2 is 2.22 bits per heavy atom. The van der Waals surface area contributed by atoms with Gasteiger partial charge in [0.1, 0.15) is 0 Å². The van der Waals surface area contributed by atoms with E-state index in [1.54, 1.807) is 0 Å². The maximum atomic E-state index is 3.21. The molecule has 1 heterocycles. The lowest BCUT2D eigenvalue weighted by atomic mass is 10.3. The Hall–Kier alpha value is -0.790. The maximum absolute atomic E-state index is 3.21. The summed E-state index contributed by atoms with van der Waals surface area (Å²) in [5, 5.41) is 3.21. The molecule has 0 amide bonds. The van der Waals surface area contributed by atoms with Crippen LogP contribution >= 0.6 is 0 Å². The molecule has 2 nitrogen and oxygen atoms in total. The number of rotatable bonds is 1. The van der Waals surface area contributed by atoms with Gasteiger partial charge in [-0.3, -0.25) is 0 Å². The Bertz CT molecular complexity index is 181. The van der Waals surface area contributed by atoms with Crippen molar-refractivity contribution in [1.29, 1.82) is 0 Å². The standard InChI is InChI=1S/C7H12N2/c1-4-9-5-6(2)7(3)8-9/h5H,4H2,1-3H3/p+1. The van der Waals surface area contributed by atoms with Crippen LogP contribution in [0.5, 0.6) is 0 Å². The van der Waals surface area contributed by atoms with E-state index in [0.717, 1.165) is 6.54 Å². The molecule has 0 aromatic carbocycles. The number of nitrogens with one attached hydrogen (secondary N) is 1. The summed E-state index contributed by atoms with van der Waals surface area (Å²) in [6.07, 6.45) is 2.12. The monoisotopic (exact) mass is 125 g/mol. The first-order valence-electron chi connectivity index (χ1n) is 3.29. The minimum Gasteiger partial charge on any atom is -0.170 e. The highest BCUT2D eigenvalue weighted by Gasteiger charge is 2.02. The highest BCUT2D eigenvalue weighted by atomic mass is 15.3. The quantitative estimate of drug-likeness (QED) is 0.539. The average Bonchev–Trinajstić information content (AvgIpc) is 2.13. The van der Waals surface area contributed by atoms with Gasteiger partial charge in [0.15, 0.2) is 12.7 Å². The van der Waals surface area contributed by atoms with Crippen LogP contribution in [0.3, 0.4) is 0 Å². The van der Waals surface area contributed by atoms with E-state index >= 15 is 0 Å². The molecule has 1 N–H and O–H groups in total. The summed E-state index contributed by atoms with van der Waals surface area (Å²) in [5.41, 5.74) is 2.59. The van der Waals surface area contributed by atoms with Crippen molar-refractivity contribution in [2.24, 2.45) is 0 Å². The summed E-state index contributed by atoms with van der Waals surface area (Å²) in [6, 6.07) is 0. The van der Waals surface area contributed by atoms with Crippen LogP contribution in [0.4, 0.5) is 0 Å². The lowest BCUT2D eigenvalue weighted by Gasteiger charge is -1.79. The SMILES string of the molecule is CC[n+]1cc(C)c(C)[nH]1. The molecule has 0 fully saturated rings. The minimum atomic E-state index is 1.02. The topological polar surface area (TPSA) is 19.7 Å². The molecule has 0 bridgehead atoms. The van der Waals surface area contributed by atoms with E-state index in [1.807, 2.05) is 0 Å². The van der Waals surface area contributed by atoms with Gasteiger partial charge in [-0.15, -0.1) is 4.68 Å². The zero-order valence-corrected chi connectivity index (χ0v) is 6.23. The van der Waals surface area contributed by atoms with Crippen LogP contribution in [-0.4, -0.2) is 5.10 Å². The fraction of sp³-hybridized carbons (Fsp3) is 0.571. The van der Waals surface area contributed by atoms with Gasteiger partial charge in [-0.05, 0) is 20.8 Å². The van der Waals surface area contributed by atoms with Gasteiger partial charge in [-0.1, -0.05) is 0 Å². The number of hydrogen-bond acceptors (Lipinski definition) is 0. The fourth-order valence-corrected chi connectivity index (χ4v) is 0.837. The molecule has 1 rings (SSSR count). The second kappa shape index (κ2) is 2.21. The van der Waals surface area contributed by atoms with Crippen LogP contribution in [0.25, 0.3) is 0 Å². The molecule has 2 heteroatoms. The Morgan fingerprint density at radius 3 is 2.44 bits per heavy atom. The van der Waals surface area contributed by atoms with Crippen molar-refractivity contribution >= 4 is 0 Å². The van der Waals surface area contributed by atoms with Gasteiger partial charge in [0, 0.05) is 5.56 Å². The molecule has 1 aromatic rings. The number of hydrogen-bond donors (Lipinski definition) is 1. The van der Waals surface area contributed by atoms with Gasteiger partial charge in [-0.2, -0.15) is 5.10 Å². The van der Waals surface area contributed by atoms with E-state index in [2.05, 4.69) is 36.7 Å². The molecule has 0 aliphatic rings. The molecule has 0 saturated heterocycles. The molecule has 0 atom stereocenters. The third-order valence-electron chi connectivity index (χ3n) is 1.59. The Balaban J connectivity index is 2.98. The van der Waals surface area contributed by atoms with Crippen molar-refractivity contribution < 1.29 is 4.68 Å². The largest absolute Gasteiger partial charge is 0.198 e.